The molecule has 3 heterocycles. The van der Waals surface area contributed by atoms with Crippen LogP contribution in [0.3, 0.4) is 0 Å². The van der Waals surface area contributed by atoms with Crippen LogP contribution in [0.15, 0.2) is 18.2 Å². The third kappa shape index (κ3) is 3.46. The van der Waals surface area contributed by atoms with Crippen LogP contribution < -0.4 is 16.0 Å². The maximum Gasteiger partial charge on any atom is 0.255 e. The largest absolute Gasteiger partial charge is 0.322 e. The first-order chi connectivity index (χ1) is 14.1. The fourth-order valence-electron chi connectivity index (χ4n) is 5.12. The molecule has 7 nitrogen and oxygen atoms in total. The molecule has 1 aliphatic carbocycles. The summed E-state index contributed by atoms with van der Waals surface area (Å²) in [4.78, 5) is 38.0. The van der Waals surface area contributed by atoms with E-state index in [1.165, 1.54) is 37.7 Å². The standard InChI is InChI=1S/C22H28N4O3/c27-19-7-6-17(20(28)25-19)26-13-15-11-14(4-5-16(15)21(26)29)12-24-22(8-9-22)18-3-1-2-10-23-18/h4-5,11,17-18,23-24H,1-3,6-10,12-13H2,(H,25,27,28). The first-order valence-corrected chi connectivity index (χ1v) is 10.8. The summed E-state index contributed by atoms with van der Waals surface area (Å²) in [6, 6.07) is 6.01. The molecule has 7 heteroatoms. The first-order valence-electron chi connectivity index (χ1n) is 10.8. The number of carbonyl (C=O) groups is 3. The minimum absolute atomic E-state index is 0.112. The molecular weight excluding hydrogens is 368 g/mol. The quantitative estimate of drug-likeness (QED) is 0.651. The molecule has 5 rings (SSSR count). The lowest BCUT2D eigenvalue weighted by Gasteiger charge is -2.32. The molecule has 3 N–H and O–H groups in total. The summed E-state index contributed by atoms with van der Waals surface area (Å²) in [7, 11) is 0. The van der Waals surface area contributed by atoms with Gasteiger partial charge in [0.15, 0.2) is 0 Å². The highest BCUT2D eigenvalue weighted by Gasteiger charge is 2.49. The molecule has 0 aromatic heterocycles. The van der Waals surface area contributed by atoms with Gasteiger partial charge in [0.2, 0.25) is 11.8 Å². The van der Waals surface area contributed by atoms with Crippen molar-refractivity contribution in [3.63, 3.8) is 0 Å². The van der Waals surface area contributed by atoms with Crippen molar-refractivity contribution >= 4 is 17.7 Å². The van der Waals surface area contributed by atoms with Gasteiger partial charge < -0.3 is 15.5 Å². The summed E-state index contributed by atoms with van der Waals surface area (Å²) in [5, 5.41) is 9.81. The Labute approximate surface area is 170 Å². The van der Waals surface area contributed by atoms with Crippen LogP contribution in [0.2, 0.25) is 0 Å². The minimum Gasteiger partial charge on any atom is -0.322 e. The molecule has 1 aromatic rings. The monoisotopic (exact) mass is 396 g/mol. The van der Waals surface area contributed by atoms with E-state index >= 15 is 0 Å². The van der Waals surface area contributed by atoms with Gasteiger partial charge >= 0.3 is 0 Å². The number of rotatable bonds is 5. The number of hydrogen-bond acceptors (Lipinski definition) is 5. The molecule has 1 saturated carbocycles. The number of carbonyl (C=O) groups excluding carboxylic acids is 3. The molecular formula is C22H28N4O3. The molecule has 3 amide bonds. The minimum atomic E-state index is -0.554. The van der Waals surface area contributed by atoms with E-state index in [9.17, 15) is 14.4 Å². The fourth-order valence-corrected chi connectivity index (χ4v) is 5.12. The first kappa shape index (κ1) is 18.8. The summed E-state index contributed by atoms with van der Waals surface area (Å²) < 4.78 is 0. The molecule has 3 aliphatic heterocycles. The molecule has 4 aliphatic rings. The van der Waals surface area contributed by atoms with Gasteiger partial charge in [0.05, 0.1) is 0 Å². The van der Waals surface area contributed by atoms with Crippen LogP contribution >= 0.6 is 0 Å². The van der Waals surface area contributed by atoms with E-state index in [0.717, 1.165) is 18.7 Å². The SMILES string of the molecule is O=C1CCC(N2Cc3cc(CNC4(C5CCCCN5)CC4)ccc3C2=O)C(=O)N1. The van der Waals surface area contributed by atoms with E-state index in [4.69, 9.17) is 0 Å². The average molecular weight is 396 g/mol. The van der Waals surface area contributed by atoms with Crippen molar-refractivity contribution in [2.45, 2.75) is 75.7 Å². The van der Waals surface area contributed by atoms with Crippen molar-refractivity contribution in [1.29, 1.82) is 0 Å². The van der Waals surface area contributed by atoms with E-state index in [1.54, 1.807) is 4.90 Å². The zero-order valence-electron chi connectivity index (χ0n) is 16.6. The Bertz CT molecular complexity index is 858. The molecule has 2 atom stereocenters. The van der Waals surface area contributed by atoms with Crippen LogP contribution in [0.5, 0.6) is 0 Å². The number of fused-ring (bicyclic) bond motifs is 1. The Morgan fingerprint density at radius 2 is 2.00 bits per heavy atom. The molecule has 1 aromatic carbocycles. The lowest BCUT2D eigenvalue weighted by molar-refractivity contribution is -0.136. The third-order valence-corrected chi connectivity index (χ3v) is 7.00. The molecule has 29 heavy (non-hydrogen) atoms. The van der Waals surface area contributed by atoms with Gasteiger partial charge in [0.1, 0.15) is 6.04 Å². The number of hydrogen-bond donors (Lipinski definition) is 3. The summed E-state index contributed by atoms with van der Waals surface area (Å²) in [5.41, 5.74) is 3.05. The van der Waals surface area contributed by atoms with Crippen molar-refractivity contribution in [2.75, 3.05) is 6.54 Å². The summed E-state index contributed by atoms with van der Waals surface area (Å²) in [6.07, 6.45) is 6.94. The van der Waals surface area contributed by atoms with Gasteiger partial charge in [-0.05, 0) is 55.8 Å². The van der Waals surface area contributed by atoms with Gasteiger partial charge in [-0.25, -0.2) is 0 Å². The van der Waals surface area contributed by atoms with Gasteiger partial charge in [-0.15, -0.1) is 0 Å². The fraction of sp³-hybridized carbons (Fsp3) is 0.591. The second kappa shape index (κ2) is 7.22. The molecule has 2 unspecified atom stereocenters. The lowest BCUT2D eigenvalue weighted by atomic mass is 9.95. The van der Waals surface area contributed by atoms with Crippen LogP contribution in [0.1, 0.15) is 66.4 Å². The zero-order valence-corrected chi connectivity index (χ0v) is 16.6. The van der Waals surface area contributed by atoms with Gasteiger partial charge in [0.25, 0.3) is 5.91 Å². The predicted octanol–water partition coefficient (Wildman–Crippen LogP) is 1.21. The smallest absolute Gasteiger partial charge is 0.255 e. The second-order valence-electron chi connectivity index (χ2n) is 8.90. The number of nitrogens with zero attached hydrogens (tertiary/aromatic N) is 1. The topological polar surface area (TPSA) is 90.5 Å². The van der Waals surface area contributed by atoms with E-state index in [1.807, 2.05) is 12.1 Å². The van der Waals surface area contributed by atoms with Crippen LogP contribution in [-0.2, 0) is 22.7 Å². The molecule has 3 fully saturated rings. The highest BCUT2D eigenvalue weighted by atomic mass is 16.2. The Morgan fingerprint density at radius 1 is 1.14 bits per heavy atom. The van der Waals surface area contributed by atoms with E-state index in [-0.39, 0.29) is 29.7 Å². The van der Waals surface area contributed by atoms with Gasteiger partial charge in [-0.2, -0.15) is 0 Å². The van der Waals surface area contributed by atoms with E-state index < -0.39 is 6.04 Å². The number of imide groups is 1. The van der Waals surface area contributed by atoms with Crippen molar-refractivity contribution in [1.82, 2.24) is 20.9 Å². The molecule has 154 valence electrons. The Kier molecular flexibility index (Phi) is 4.67. The summed E-state index contributed by atoms with van der Waals surface area (Å²) >= 11 is 0. The molecule has 0 radical (unpaired) electrons. The normalized spacial score (nSPS) is 28.3. The van der Waals surface area contributed by atoms with Crippen molar-refractivity contribution in [3.05, 3.63) is 34.9 Å². The third-order valence-electron chi connectivity index (χ3n) is 7.00. The highest BCUT2D eigenvalue weighted by Crippen LogP contribution is 2.41. The van der Waals surface area contributed by atoms with Gasteiger partial charge in [0, 0.05) is 36.7 Å². The Hall–Kier alpha value is -2.25. The summed E-state index contributed by atoms with van der Waals surface area (Å²) in [5.74, 6) is -0.732. The number of piperidine rings is 2. The van der Waals surface area contributed by atoms with Crippen LogP contribution in [0.4, 0.5) is 0 Å². The Morgan fingerprint density at radius 3 is 2.72 bits per heavy atom. The second-order valence-corrected chi connectivity index (χ2v) is 8.90. The Balaban J connectivity index is 1.25. The van der Waals surface area contributed by atoms with Crippen LogP contribution in [0.25, 0.3) is 0 Å². The number of nitrogens with one attached hydrogen (secondary N) is 3. The molecule has 2 saturated heterocycles. The maximum absolute atomic E-state index is 12.8. The molecule has 0 bridgehead atoms. The average Bonchev–Trinajstić information content (AvgIpc) is 3.46. The van der Waals surface area contributed by atoms with E-state index in [0.29, 0.717) is 24.6 Å². The van der Waals surface area contributed by atoms with Crippen molar-refractivity contribution in [3.8, 4) is 0 Å². The van der Waals surface area contributed by atoms with Crippen LogP contribution in [0, 0.1) is 0 Å². The van der Waals surface area contributed by atoms with Crippen molar-refractivity contribution in [2.24, 2.45) is 0 Å². The van der Waals surface area contributed by atoms with Gasteiger partial charge in [-0.1, -0.05) is 18.6 Å². The van der Waals surface area contributed by atoms with E-state index in [2.05, 4.69) is 22.0 Å². The van der Waals surface area contributed by atoms with Crippen LogP contribution in [-0.4, -0.2) is 46.8 Å². The summed E-state index contributed by atoms with van der Waals surface area (Å²) in [6.45, 7) is 2.34. The number of amides is 3. The van der Waals surface area contributed by atoms with Crippen molar-refractivity contribution < 1.29 is 14.4 Å². The zero-order chi connectivity index (χ0) is 20.0. The van der Waals surface area contributed by atoms with Gasteiger partial charge in [-0.3, -0.25) is 19.7 Å². The highest BCUT2D eigenvalue weighted by molar-refractivity contribution is 6.05. The molecule has 0 spiro atoms. The predicted molar refractivity (Wildman–Crippen MR) is 107 cm³/mol. The number of benzene rings is 1. The maximum atomic E-state index is 12.8. The lowest BCUT2D eigenvalue weighted by Crippen LogP contribution is -2.52.